The fourth-order valence-electron chi connectivity index (χ4n) is 2.15. The van der Waals surface area contributed by atoms with Crippen LogP contribution in [0.5, 0.6) is 5.75 Å². The second-order valence-electron chi connectivity index (χ2n) is 4.31. The number of ether oxygens (including phenoxy) is 1. The second-order valence-corrected chi connectivity index (χ2v) is 4.72. The molecule has 102 valence electrons. The fraction of sp³-hybridized carbons (Fsp3) is 0.385. The maximum absolute atomic E-state index is 11.9. The van der Waals surface area contributed by atoms with E-state index in [4.69, 9.17) is 21.4 Å². The van der Waals surface area contributed by atoms with E-state index < -0.39 is 5.97 Å². The lowest BCUT2D eigenvalue weighted by atomic mass is 10.1. The molecule has 1 saturated heterocycles. The van der Waals surface area contributed by atoms with E-state index in [9.17, 15) is 9.59 Å². The van der Waals surface area contributed by atoms with Gasteiger partial charge in [0.2, 0.25) is 5.91 Å². The summed E-state index contributed by atoms with van der Waals surface area (Å²) in [5.74, 6) is -0.918. The predicted octanol–water partition coefficient (Wildman–Crippen LogP) is 2.56. The summed E-state index contributed by atoms with van der Waals surface area (Å²) in [6.07, 6.45) is 2.27. The highest BCUT2D eigenvalue weighted by molar-refractivity contribution is 6.34. The summed E-state index contributed by atoms with van der Waals surface area (Å²) in [6.45, 7) is 0.591. The molecular formula is C13H14ClNO4. The van der Waals surface area contributed by atoms with E-state index in [1.165, 1.54) is 19.2 Å². The summed E-state index contributed by atoms with van der Waals surface area (Å²) in [5, 5.41) is 9.30. The van der Waals surface area contributed by atoms with Crippen LogP contribution in [0.1, 0.15) is 29.6 Å². The summed E-state index contributed by atoms with van der Waals surface area (Å²) >= 11 is 6.09. The molecule has 1 aliphatic heterocycles. The number of halogens is 1. The van der Waals surface area contributed by atoms with Crippen molar-refractivity contribution >= 4 is 29.2 Å². The van der Waals surface area contributed by atoms with Crippen LogP contribution in [0.15, 0.2) is 12.1 Å². The Bertz CT molecular complexity index is 530. The number of amides is 1. The molecule has 0 aliphatic carbocycles. The maximum atomic E-state index is 11.9. The zero-order valence-electron chi connectivity index (χ0n) is 10.5. The lowest BCUT2D eigenvalue weighted by Crippen LogP contribution is -2.35. The van der Waals surface area contributed by atoms with Crippen LogP contribution in [0.4, 0.5) is 5.69 Å². The van der Waals surface area contributed by atoms with Crippen molar-refractivity contribution in [1.82, 2.24) is 0 Å². The van der Waals surface area contributed by atoms with E-state index in [0.29, 0.717) is 18.7 Å². The summed E-state index contributed by atoms with van der Waals surface area (Å²) in [7, 11) is 1.39. The highest BCUT2D eigenvalue weighted by Crippen LogP contribution is 2.35. The number of carboxylic acids is 1. The molecule has 1 N–H and O–H groups in total. The van der Waals surface area contributed by atoms with Crippen LogP contribution in [-0.4, -0.2) is 30.6 Å². The Kier molecular flexibility index (Phi) is 3.95. The molecule has 0 saturated carbocycles. The summed E-state index contributed by atoms with van der Waals surface area (Å²) in [5.41, 5.74) is 0.494. The molecule has 1 fully saturated rings. The first-order chi connectivity index (χ1) is 9.04. The normalized spacial score (nSPS) is 15.5. The molecule has 5 nitrogen and oxygen atoms in total. The van der Waals surface area contributed by atoms with E-state index in [0.717, 1.165) is 12.8 Å². The molecule has 19 heavy (non-hydrogen) atoms. The third-order valence-electron chi connectivity index (χ3n) is 3.11. The number of carboxylic acid groups (broad SMARTS) is 1. The van der Waals surface area contributed by atoms with Crippen LogP contribution >= 0.6 is 11.6 Å². The molecule has 0 spiro atoms. The Morgan fingerprint density at radius 3 is 2.74 bits per heavy atom. The molecule has 0 unspecified atom stereocenters. The lowest BCUT2D eigenvalue weighted by Gasteiger charge is -2.28. The second kappa shape index (κ2) is 5.48. The number of hydrogen-bond acceptors (Lipinski definition) is 3. The first-order valence-electron chi connectivity index (χ1n) is 5.95. The van der Waals surface area contributed by atoms with Gasteiger partial charge >= 0.3 is 5.97 Å². The average molecular weight is 284 g/mol. The third kappa shape index (κ3) is 2.66. The average Bonchev–Trinajstić information content (AvgIpc) is 2.39. The first kappa shape index (κ1) is 13.7. The number of anilines is 1. The van der Waals surface area contributed by atoms with Crippen molar-refractivity contribution in [2.75, 3.05) is 18.6 Å². The van der Waals surface area contributed by atoms with Gasteiger partial charge in [-0.3, -0.25) is 4.79 Å². The fourth-order valence-corrected chi connectivity index (χ4v) is 2.41. The van der Waals surface area contributed by atoms with Crippen LogP contribution in [0.3, 0.4) is 0 Å². The summed E-state index contributed by atoms with van der Waals surface area (Å²) in [6, 6.07) is 2.83. The zero-order valence-corrected chi connectivity index (χ0v) is 11.2. The minimum absolute atomic E-state index is 0.00159. The van der Waals surface area contributed by atoms with Gasteiger partial charge in [-0.2, -0.15) is 0 Å². The van der Waals surface area contributed by atoms with Gasteiger partial charge in [0.15, 0.2) is 0 Å². The Hall–Kier alpha value is -1.75. The quantitative estimate of drug-likeness (QED) is 0.926. The van der Waals surface area contributed by atoms with Crippen LogP contribution in [0.25, 0.3) is 0 Å². The van der Waals surface area contributed by atoms with Gasteiger partial charge in [0.25, 0.3) is 0 Å². The van der Waals surface area contributed by atoms with Crippen molar-refractivity contribution in [2.24, 2.45) is 0 Å². The molecule has 0 radical (unpaired) electrons. The number of hydrogen-bond donors (Lipinski definition) is 1. The van der Waals surface area contributed by atoms with E-state index in [1.54, 1.807) is 4.90 Å². The predicted molar refractivity (Wildman–Crippen MR) is 71.2 cm³/mol. The molecule has 1 amide bonds. The van der Waals surface area contributed by atoms with E-state index in [-0.39, 0.29) is 22.2 Å². The Morgan fingerprint density at radius 1 is 1.42 bits per heavy atom. The standard InChI is InChI=1S/C13H14ClNO4/c1-19-11-7-10(9(14)6-8(11)13(17)18)15-5-3-2-4-12(15)16/h6-7H,2-5H2,1H3,(H,17,18). The number of carbonyl (C=O) groups excluding carboxylic acids is 1. The molecular weight excluding hydrogens is 270 g/mol. The van der Waals surface area contributed by atoms with Crippen molar-refractivity contribution in [3.63, 3.8) is 0 Å². The van der Waals surface area contributed by atoms with Crippen LogP contribution in [0.2, 0.25) is 5.02 Å². The molecule has 6 heteroatoms. The topological polar surface area (TPSA) is 66.8 Å². The van der Waals surface area contributed by atoms with Gasteiger partial charge in [0.05, 0.1) is 17.8 Å². The third-order valence-corrected chi connectivity index (χ3v) is 3.42. The smallest absolute Gasteiger partial charge is 0.339 e. The van der Waals surface area contributed by atoms with Gasteiger partial charge in [-0.15, -0.1) is 0 Å². The molecule has 2 rings (SSSR count). The Balaban J connectivity index is 2.46. The maximum Gasteiger partial charge on any atom is 0.339 e. The van der Waals surface area contributed by atoms with Crippen molar-refractivity contribution < 1.29 is 19.4 Å². The molecule has 0 aromatic heterocycles. The van der Waals surface area contributed by atoms with Gasteiger partial charge in [-0.05, 0) is 18.9 Å². The summed E-state index contributed by atoms with van der Waals surface area (Å²) in [4.78, 5) is 24.5. The Labute approximate surface area is 115 Å². The van der Waals surface area contributed by atoms with Crippen molar-refractivity contribution in [3.05, 3.63) is 22.7 Å². The monoisotopic (exact) mass is 283 g/mol. The molecule has 0 bridgehead atoms. The highest BCUT2D eigenvalue weighted by Gasteiger charge is 2.24. The number of methoxy groups -OCH3 is 1. The number of carbonyl (C=O) groups is 2. The molecule has 1 aromatic carbocycles. The number of aromatic carboxylic acids is 1. The van der Waals surface area contributed by atoms with Gasteiger partial charge in [0, 0.05) is 19.0 Å². The van der Waals surface area contributed by atoms with Gasteiger partial charge in [0.1, 0.15) is 11.3 Å². The highest BCUT2D eigenvalue weighted by atomic mass is 35.5. The molecule has 1 heterocycles. The lowest BCUT2D eigenvalue weighted by molar-refractivity contribution is -0.119. The van der Waals surface area contributed by atoms with E-state index in [1.807, 2.05) is 0 Å². The zero-order chi connectivity index (χ0) is 14.0. The van der Waals surface area contributed by atoms with Crippen LogP contribution < -0.4 is 9.64 Å². The number of nitrogens with zero attached hydrogens (tertiary/aromatic N) is 1. The van der Waals surface area contributed by atoms with Crippen molar-refractivity contribution in [2.45, 2.75) is 19.3 Å². The van der Waals surface area contributed by atoms with E-state index >= 15 is 0 Å². The largest absolute Gasteiger partial charge is 0.496 e. The van der Waals surface area contributed by atoms with Gasteiger partial charge < -0.3 is 14.7 Å². The number of piperidine rings is 1. The SMILES string of the molecule is COc1cc(N2CCCCC2=O)c(Cl)cc1C(=O)O. The molecule has 0 atom stereocenters. The first-order valence-corrected chi connectivity index (χ1v) is 6.33. The van der Waals surface area contributed by atoms with Crippen molar-refractivity contribution in [3.8, 4) is 5.75 Å². The van der Waals surface area contributed by atoms with Crippen LogP contribution in [0, 0.1) is 0 Å². The number of rotatable bonds is 3. The van der Waals surface area contributed by atoms with Gasteiger partial charge in [-0.1, -0.05) is 11.6 Å². The molecule has 1 aliphatic rings. The Morgan fingerprint density at radius 2 is 2.16 bits per heavy atom. The summed E-state index contributed by atoms with van der Waals surface area (Å²) < 4.78 is 5.05. The minimum atomic E-state index is -1.12. The minimum Gasteiger partial charge on any atom is -0.496 e. The van der Waals surface area contributed by atoms with Crippen molar-refractivity contribution in [1.29, 1.82) is 0 Å². The number of benzene rings is 1. The van der Waals surface area contributed by atoms with Crippen LogP contribution in [-0.2, 0) is 4.79 Å². The molecule has 1 aromatic rings. The van der Waals surface area contributed by atoms with E-state index in [2.05, 4.69) is 0 Å². The van der Waals surface area contributed by atoms with Gasteiger partial charge in [-0.25, -0.2) is 4.79 Å².